The molecule has 0 spiro atoms. The van der Waals surface area contributed by atoms with E-state index in [2.05, 4.69) is 5.32 Å². The number of benzene rings is 2. The zero-order valence-corrected chi connectivity index (χ0v) is 12.3. The molecular weight excluding hydrogens is 298 g/mol. The molecule has 0 radical (unpaired) electrons. The fraction of sp³-hybridized carbons (Fsp3) is 0.235. The molecule has 3 rings (SSSR count). The van der Waals surface area contributed by atoms with Gasteiger partial charge in [0.25, 0.3) is 0 Å². The molecule has 1 heterocycles. The second-order valence-corrected chi connectivity index (χ2v) is 5.73. The fourth-order valence-electron chi connectivity index (χ4n) is 3.07. The van der Waals surface area contributed by atoms with Gasteiger partial charge < -0.3 is 20.4 Å². The van der Waals surface area contributed by atoms with Crippen LogP contribution in [0, 0.1) is 0 Å². The molecule has 0 aromatic heterocycles. The van der Waals surface area contributed by atoms with Gasteiger partial charge in [-0.05, 0) is 47.4 Å². The van der Waals surface area contributed by atoms with E-state index in [1.165, 1.54) is 24.3 Å². The van der Waals surface area contributed by atoms with E-state index in [4.69, 9.17) is 0 Å². The second-order valence-electron chi connectivity index (χ2n) is 5.73. The van der Waals surface area contributed by atoms with Crippen molar-refractivity contribution in [3.05, 3.63) is 53.1 Å². The van der Waals surface area contributed by atoms with Crippen LogP contribution in [0.2, 0.25) is 0 Å². The van der Waals surface area contributed by atoms with Gasteiger partial charge in [0.1, 0.15) is 11.3 Å². The number of aliphatic carboxylic acids is 1. The van der Waals surface area contributed by atoms with Crippen LogP contribution in [0.1, 0.15) is 16.7 Å². The maximum atomic E-state index is 12.1. The predicted octanol–water partition coefficient (Wildman–Crippen LogP) is 1.47. The first-order valence-electron chi connectivity index (χ1n) is 7.24. The largest absolute Gasteiger partial charge is 0.508 e. The third-order valence-corrected chi connectivity index (χ3v) is 4.25. The number of carbonyl (C=O) groups is 1. The molecule has 6 nitrogen and oxygen atoms in total. The van der Waals surface area contributed by atoms with Crippen molar-refractivity contribution in [3.63, 3.8) is 0 Å². The minimum Gasteiger partial charge on any atom is -0.508 e. The van der Waals surface area contributed by atoms with Gasteiger partial charge in [0, 0.05) is 13.0 Å². The van der Waals surface area contributed by atoms with Crippen molar-refractivity contribution >= 4 is 5.97 Å². The van der Waals surface area contributed by atoms with Gasteiger partial charge in [0.05, 0.1) is 0 Å². The SMILES string of the molecule is O=C(O)C1(Cc2ccc(O)cc2)NCCc2cc(O)c(O)cc21. The lowest BCUT2D eigenvalue weighted by atomic mass is 9.78. The van der Waals surface area contributed by atoms with E-state index in [1.807, 2.05) is 0 Å². The van der Waals surface area contributed by atoms with Crippen molar-refractivity contribution in [1.29, 1.82) is 0 Å². The Bertz CT molecular complexity index is 756. The molecule has 6 heteroatoms. The molecular formula is C17H17NO5. The summed E-state index contributed by atoms with van der Waals surface area (Å²) >= 11 is 0. The van der Waals surface area contributed by atoms with Crippen molar-refractivity contribution < 1.29 is 25.2 Å². The molecule has 5 N–H and O–H groups in total. The van der Waals surface area contributed by atoms with Gasteiger partial charge in [-0.1, -0.05) is 12.1 Å². The lowest BCUT2D eigenvalue weighted by Gasteiger charge is -2.37. The van der Waals surface area contributed by atoms with Crippen LogP contribution in [0.3, 0.4) is 0 Å². The first-order chi connectivity index (χ1) is 10.9. The van der Waals surface area contributed by atoms with Crippen molar-refractivity contribution in [2.75, 3.05) is 6.54 Å². The molecule has 0 saturated heterocycles. The number of nitrogens with one attached hydrogen (secondary N) is 1. The number of fused-ring (bicyclic) bond motifs is 1. The molecule has 1 atom stereocenters. The molecule has 2 aromatic rings. The second kappa shape index (κ2) is 5.48. The van der Waals surface area contributed by atoms with Gasteiger partial charge in [-0.2, -0.15) is 0 Å². The summed E-state index contributed by atoms with van der Waals surface area (Å²) in [6, 6.07) is 9.06. The van der Waals surface area contributed by atoms with Crippen LogP contribution in [-0.2, 0) is 23.2 Å². The van der Waals surface area contributed by atoms with Gasteiger partial charge in [0.2, 0.25) is 0 Å². The van der Waals surface area contributed by atoms with Crippen LogP contribution in [0.15, 0.2) is 36.4 Å². The molecule has 0 aliphatic carbocycles. The maximum absolute atomic E-state index is 12.1. The number of carboxylic acid groups (broad SMARTS) is 1. The normalized spacial score (nSPS) is 20.0. The molecule has 1 aliphatic rings. The molecule has 2 aromatic carbocycles. The summed E-state index contributed by atoms with van der Waals surface area (Å²) < 4.78 is 0. The number of phenolic OH excluding ortho intramolecular Hbond substituents is 3. The summed E-state index contributed by atoms with van der Waals surface area (Å²) in [5.74, 6) is -1.55. The first kappa shape index (κ1) is 15.2. The third-order valence-electron chi connectivity index (χ3n) is 4.25. The number of carboxylic acids is 1. The highest BCUT2D eigenvalue weighted by atomic mass is 16.4. The Labute approximate surface area is 132 Å². The number of hydrogen-bond acceptors (Lipinski definition) is 5. The summed E-state index contributed by atoms with van der Waals surface area (Å²) in [6.07, 6.45) is 0.716. The van der Waals surface area contributed by atoms with Gasteiger partial charge in [0.15, 0.2) is 11.5 Å². The van der Waals surface area contributed by atoms with Crippen LogP contribution in [-0.4, -0.2) is 32.9 Å². The van der Waals surface area contributed by atoms with E-state index in [-0.39, 0.29) is 23.7 Å². The lowest BCUT2D eigenvalue weighted by Crippen LogP contribution is -2.54. The van der Waals surface area contributed by atoms with E-state index >= 15 is 0 Å². The minimum absolute atomic E-state index is 0.109. The monoisotopic (exact) mass is 315 g/mol. The zero-order chi connectivity index (χ0) is 16.6. The van der Waals surface area contributed by atoms with E-state index in [9.17, 15) is 25.2 Å². The predicted molar refractivity (Wildman–Crippen MR) is 82.6 cm³/mol. The van der Waals surface area contributed by atoms with Gasteiger partial charge in [-0.15, -0.1) is 0 Å². The molecule has 0 fully saturated rings. The summed E-state index contributed by atoms with van der Waals surface area (Å²) in [6.45, 7) is 0.446. The van der Waals surface area contributed by atoms with Gasteiger partial charge >= 0.3 is 5.97 Å². The smallest absolute Gasteiger partial charge is 0.328 e. The fourth-order valence-corrected chi connectivity index (χ4v) is 3.07. The maximum Gasteiger partial charge on any atom is 0.328 e. The molecule has 120 valence electrons. The van der Waals surface area contributed by atoms with E-state index < -0.39 is 11.5 Å². The third kappa shape index (κ3) is 2.57. The minimum atomic E-state index is -1.39. The average Bonchev–Trinajstić information content (AvgIpc) is 2.51. The molecule has 1 unspecified atom stereocenters. The van der Waals surface area contributed by atoms with Gasteiger partial charge in [-0.25, -0.2) is 4.79 Å². The van der Waals surface area contributed by atoms with Crippen molar-refractivity contribution in [3.8, 4) is 17.2 Å². The summed E-state index contributed by atoms with van der Waals surface area (Å²) in [5.41, 5.74) is 0.480. The Morgan fingerprint density at radius 3 is 2.39 bits per heavy atom. The van der Waals surface area contributed by atoms with Crippen LogP contribution in [0.25, 0.3) is 0 Å². The number of rotatable bonds is 3. The Hall–Kier alpha value is -2.73. The topological polar surface area (TPSA) is 110 Å². The zero-order valence-electron chi connectivity index (χ0n) is 12.3. The Balaban J connectivity index is 2.11. The van der Waals surface area contributed by atoms with Crippen LogP contribution in [0.5, 0.6) is 17.2 Å². The quantitative estimate of drug-likeness (QED) is 0.549. The Morgan fingerprint density at radius 2 is 1.74 bits per heavy atom. The Kier molecular flexibility index (Phi) is 3.61. The molecule has 0 amide bonds. The Morgan fingerprint density at radius 1 is 1.09 bits per heavy atom. The highest BCUT2D eigenvalue weighted by Crippen LogP contribution is 2.38. The standard InChI is InChI=1S/C17H17NO5/c19-12-3-1-10(2-4-12)9-17(16(22)23)13-8-15(21)14(20)7-11(13)5-6-18-17/h1-4,7-8,18-21H,5-6,9H2,(H,22,23). The van der Waals surface area contributed by atoms with Crippen molar-refractivity contribution in [1.82, 2.24) is 5.32 Å². The first-order valence-corrected chi connectivity index (χ1v) is 7.24. The molecule has 0 bridgehead atoms. The number of aromatic hydroxyl groups is 3. The molecule has 0 saturated carbocycles. The van der Waals surface area contributed by atoms with E-state index in [0.717, 1.165) is 5.56 Å². The van der Waals surface area contributed by atoms with E-state index in [1.54, 1.807) is 12.1 Å². The highest BCUT2D eigenvalue weighted by Gasteiger charge is 2.44. The van der Waals surface area contributed by atoms with Gasteiger partial charge in [-0.3, -0.25) is 5.32 Å². The van der Waals surface area contributed by atoms with Crippen LogP contribution < -0.4 is 5.32 Å². The van der Waals surface area contributed by atoms with E-state index in [0.29, 0.717) is 24.1 Å². The molecule has 23 heavy (non-hydrogen) atoms. The van der Waals surface area contributed by atoms with Crippen molar-refractivity contribution in [2.24, 2.45) is 0 Å². The highest BCUT2D eigenvalue weighted by molar-refractivity contribution is 5.83. The number of phenols is 3. The van der Waals surface area contributed by atoms with Crippen LogP contribution in [0.4, 0.5) is 0 Å². The summed E-state index contributed by atoms with van der Waals surface area (Å²) in [4.78, 5) is 12.1. The molecule has 1 aliphatic heterocycles. The lowest BCUT2D eigenvalue weighted by molar-refractivity contribution is -0.145. The summed E-state index contributed by atoms with van der Waals surface area (Å²) in [7, 11) is 0. The average molecular weight is 315 g/mol. The van der Waals surface area contributed by atoms with Crippen LogP contribution >= 0.6 is 0 Å². The van der Waals surface area contributed by atoms with Crippen molar-refractivity contribution in [2.45, 2.75) is 18.4 Å². The summed E-state index contributed by atoms with van der Waals surface area (Å²) in [5, 5.41) is 41.7. The number of hydrogen-bond donors (Lipinski definition) is 5.